The molecule has 0 unspecified atom stereocenters. The van der Waals surface area contributed by atoms with Crippen LogP contribution in [-0.2, 0) is 4.79 Å². The molecule has 1 amide bonds. The molecular weight excluding hydrogens is 457 g/mol. The summed E-state index contributed by atoms with van der Waals surface area (Å²) in [4.78, 5) is 20.7. The lowest BCUT2D eigenvalue weighted by atomic mass is 10.1. The Bertz CT molecular complexity index is 1330. The maximum absolute atomic E-state index is 12.6. The van der Waals surface area contributed by atoms with Crippen LogP contribution in [0, 0.1) is 5.41 Å². The number of carbonyl (C=O) groups excluding carboxylic acids is 1. The van der Waals surface area contributed by atoms with Gasteiger partial charge in [-0.15, -0.1) is 0 Å². The number of aliphatic imine (C=N–C) groups is 1. The Morgan fingerprint density at radius 2 is 1.97 bits per heavy atom. The van der Waals surface area contributed by atoms with E-state index >= 15 is 0 Å². The minimum atomic E-state index is -0.529. The average molecular weight is 468 g/mol. The predicted molar refractivity (Wildman–Crippen MR) is 123 cm³/mol. The summed E-state index contributed by atoms with van der Waals surface area (Å²) in [7, 11) is 0. The van der Waals surface area contributed by atoms with E-state index in [4.69, 9.17) is 33.0 Å². The molecule has 3 aromatic rings. The van der Waals surface area contributed by atoms with E-state index in [0.29, 0.717) is 31.8 Å². The van der Waals surface area contributed by atoms with Gasteiger partial charge < -0.3 is 4.42 Å². The molecule has 0 saturated heterocycles. The van der Waals surface area contributed by atoms with Gasteiger partial charge in [-0.2, -0.15) is 15.1 Å². The van der Waals surface area contributed by atoms with Crippen molar-refractivity contribution in [3.8, 4) is 11.3 Å². The average Bonchev–Trinajstić information content (AvgIpc) is 3.41. The van der Waals surface area contributed by atoms with Crippen LogP contribution in [0.4, 0.5) is 0 Å². The van der Waals surface area contributed by atoms with Crippen molar-refractivity contribution in [3.05, 3.63) is 81.8 Å². The highest BCUT2D eigenvalue weighted by Crippen LogP contribution is 2.32. The fraction of sp³-hybridized carbons (Fsp3) is 0. The zero-order valence-corrected chi connectivity index (χ0v) is 17.9. The molecule has 0 saturated carbocycles. The number of thioether (sulfide) groups is 1. The summed E-state index contributed by atoms with van der Waals surface area (Å²) < 4.78 is 5.82. The molecule has 2 aromatic heterocycles. The molecule has 10 heteroatoms. The number of hydrogen-bond donors (Lipinski definition) is 1. The number of nitrogens with zero attached hydrogens (tertiary/aromatic N) is 4. The predicted octanol–water partition coefficient (Wildman–Crippen LogP) is 5.32. The quantitative estimate of drug-likeness (QED) is 0.526. The number of hydrogen-bond acceptors (Lipinski definition) is 6. The first-order valence-electron chi connectivity index (χ1n) is 8.95. The normalized spacial score (nSPS) is 17.1. The Kier molecular flexibility index (Phi) is 4.97. The van der Waals surface area contributed by atoms with Crippen LogP contribution in [-0.4, -0.2) is 31.9 Å². The van der Waals surface area contributed by atoms with Gasteiger partial charge in [-0.05, 0) is 60.3 Å². The number of pyridine rings is 1. The Hall–Kier alpha value is -3.20. The fourth-order valence-corrected chi connectivity index (χ4v) is 4.15. The van der Waals surface area contributed by atoms with Gasteiger partial charge in [-0.3, -0.25) is 15.2 Å². The molecule has 1 N–H and O–H groups in total. The number of rotatable bonds is 3. The van der Waals surface area contributed by atoms with Crippen molar-refractivity contribution in [2.45, 2.75) is 0 Å². The maximum Gasteiger partial charge on any atom is 0.283 e. The number of furan rings is 1. The number of halogens is 2. The van der Waals surface area contributed by atoms with Gasteiger partial charge in [0, 0.05) is 23.5 Å². The first-order valence-corrected chi connectivity index (χ1v) is 10.5. The summed E-state index contributed by atoms with van der Waals surface area (Å²) in [6, 6.07) is 12.3. The summed E-state index contributed by atoms with van der Waals surface area (Å²) in [5.41, 5.74) is 1.61. The third kappa shape index (κ3) is 3.69. The highest BCUT2D eigenvalue weighted by atomic mass is 35.5. The van der Waals surface area contributed by atoms with Crippen LogP contribution in [0.5, 0.6) is 0 Å². The molecule has 5 rings (SSSR count). The Labute approximate surface area is 190 Å². The maximum atomic E-state index is 12.6. The van der Waals surface area contributed by atoms with Gasteiger partial charge in [0.15, 0.2) is 5.84 Å². The number of aromatic nitrogens is 1. The summed E-state index contributed by atoms with van der Waals surface area (Å²) in [6.45, 7) is 0. The smallest absolute Gasteiger partial charge is 0.283 e. The molecule has 1 aromatic carbocycles. The van der Waals surface area contributed by atoms with Crippen molar-refractivity contribution >= 4 is 63.0 Å². The number of hydrazone groups is 1. The van der Waals surface area contributed by atoms with Gasteiger partial charge in [0.2, 0.25) is 5.17 Å². The summed E-state index contributed by atoms with van der Waals surface area (Å²) in [6.07, 6.45) is 4.81. The second kappa shape index (κ2) is 7.81. The number of fused-ring (bicyclic) bond motifs is 1. The molecule has 4 heterocycles. The van der Waals surface area contributed by atoms with Crippen LogP contribution in [0.2, 0.25) is 10.0 Å². The SMILES string of the molecule is N=C1C(=Cc2ccc(-c3ccc(Cl)c(Cl)c3)o2)C(=O)N=C2SC(c3cccnc3)=NN12. The van der Waals surface area contributed by atoms with Crippen molar-refractivity contribution < 1.29 is 9.21 Å². The van der Waals surface area contributed by atoms with Gasteiger partial charge in [0.25, 0.3) is 5.91 Å². The van der Waals surface area contributed by atoms with E-state index in [-0.39, 0.29) is 11.4 Å². The van der Waals surface area contributed by atoms with Gasteiger partial charge in [0.05, 0.1) is 15.6 Å². The van der Waals surface area contributed by atoms with Crippen LogP contribution >= 0.6 is 35.0 Å². The van der Waals surface area contributed by atoms with Crippen molar-refractivity contribution in [2.24, 2.45) is 10.1 Å². The largest absolute Gasteiger partial charge is 0.457 e. The van der Waals surface area contributed by atoms with Gasteiger partial charge in [0.1, 0.15) is 16.6 Å². The molecule has 0 radical (unpaired) electrons. The number of amidine groups is 2. The minimum absolute atomic E-state index is 0.0751. The Morgan fingerprint density at radius 1 is 1.10 bits per heavy atom. The van der Waals surface area contributed by atoms with Crippen LogP contribution < -0.4 is 0 Å². The van der Waals surface area contributed by atoms with Crippen LogP contribution in [0.25, 0.3) is 17.4 Å². The molecule has 2 aliphatic heterocycles. The molecule has 31 heavy (non-hydrogen) atoms. The Morgan fingerprint density at radius 3 is 2.74 bits per heavy atom. The second-order valence-electron chi connectivity index (χ2n) is 6.50. The standard InChI is InChI=1S/C21H11Cl2N5O2S/c22-15-5-3-11(8-16(15)23)17-6-4-13(30-17)9-14-18(24)28-21(26-19(14)29)31-20(27-28)12-2-1-7-25-10-12/h1-10,24H. The molecule has 152 valence electrons. The number of carbonyl (C=O) groups is 1. The molecule has 0 aliphatic carbocycles. The first-order chi connectivity index (χ1) is 15.0. The molecule has 0 bridgehead atoms. The number of nitrogens with one attached hydrogen (secondary N) is 1. The fourth-order valence-electron chi connectivity index (χ4n) is 2.98. The van der Waals surface area contributed by atoms with Crippen molar-refractivity contribution in [1.29, 1.82) is 5.41 Å². The van der Waals surface area contributed by atoms with E-state index in [0.717, 1.165) is 11.1 Å². The highest BCUT2D eigenvalue weighted by molar-refractivity contribution is 8.27. The zero-order chi connectivity index (χ0) is 21.5. The molecule has 0 atom stereocenters. The van der Waals surface area contributed by atoms with Crippen molar-refractivity contribution in [2.75, 3.05) is 0 Å². The van der Waals surface area contributed by atoms with E-state index < -0.39 is 5.91 Å². The number of benzene rings is 1. The van der Waals surface area contributed by atoms with Gasteiger partial charge in [-0.25, -0.2) is 0 Å². The first kappa shape index (κ1) is 19.7. The lowest BCUT2D eigenvalue weighted by molar-refractivity contribution is -0.114. The van der Waals surface area contributed by atoms with Crippen LogP contribution in [0.1, 0.15) is 11.3 Å². The lowest BCUT2D eigenvalue weighted by Gasteiger charge is -2.19. The molecule has 7 nitrogen and oxygen atoms in total. The lowest BCUT2D eigenvalue weighted by Crippen LogP contribution is -2.35. The molecular formula is C21H11Cl2N5O2S. The third-order valence-corrected chi connectivity index (χ3v) is 6.18. The highest BCUT2D eigenvalue weighted by Gasteiger charge is 2.36. The molecule has 2 aliphatic rings. The summed E-state index contributed by atoms with van der Waals surface area (Å²) in [5, 5.41) is 16.0. The topological polar surface area (TPSA) is 94.9 Å². The molecule has 0 fully saturated rings. The number of amides is 1. The monoisotopic (exact) mass is 467 g/mol. The van der Waals surface area contributed by atoms with Gasteiger partial charge in [-0.1, -0.05) is 23.2 Å². The van der Waals surface area contributed by atoms with E-state index in [1.165, 1.54) is 22.8 Å². The van der Waals surface area contributed by atoms with E-state index in [2.05, 4.69) is 15.1 Å². The summed E-state index contributed by atoms with van der Waals surface area (Å²) in [5.74, 6) is 0.349. The second-order valence-corrected chi connectivity index (χ2v) is 8.27. The van der Waals surface area contributed by atoms with Crippen LogP contribution in [0.15, 0.2) is 74.9 Å². The Balaban J connectivity index is 1.45. The van der Waals surface area contributed by atoms with E-state index in [9.17, 15) is 4.79 Å². The minimum Gasteiger partial charge on any atom is -0.457 e. The van der Waals surface area contributed by atoms with Crippen LogP contribution in [0.3, 0.4) is 0 Å². The van der Waals surface area contributed by atoms with E-state index in [1.54, 1.807) is 48.8 Å². The van der Waals surface area contributed by atoms with Gasteiger partial charge >= 0.3 is 0 Å². The summed E-state index contributed by atoms with van der Waals surface area (Å²) >= 11 is 13.3. The van der Waals surface area contributed by atoms with E-state index in [1.807, 2.05) is 6.07 Å². The third-order valence-electron chi connectivity index (χ3n) is 4.48. The van der Waals surface area contributed by atoms with Crippen molar-refractivity contribution in [1.82, 2.24) is 9.99 Å². The zero-order valence-electron chi connectivity index (χ0n) is 15.5. The van der Waals surface area contributed by atoms with Crippen molar-refractivity contribution in [3.63, 3.8) is 0 Å². The molecule has 0 spiro atoms.